The summed E-state index contributed by atoms with van der Waals surface area (Å²) in [5.74, 6) is 1.77. The average molecular weight is 175 g/mol. The van der Waals surface area contributed by atoms with Crippen molar-refractivity contribution in [2.75, 3.05) is 11.6 Å². The molecule has 0 spiro atoms. The molecule has 0 saturated carbocycles. The molecular weight excluding hydrogens is 164 g/mol. The minimum atomic E-state index is 0.746. The highest BCUT2D eigenvalue weighted by atomic mass is 35.5. The zero-order valence-corrected chi connectivity index (χ0v) is 7.42. The van der Waals surface area contributed by atoms with Crippen LogP contribution in [0.15, 0.2) is 23.1 Å². The molecule has 0 amide bonds. The lowest BCUT2D eigenvalue weighted by Gasteiger charge is -2.03. The molecule has 1 rings (SSSR count). The number of rotatable bonds is 3. The summed E-state index contributed by atoms with van der Waals surface area (Å²) in [6.07, 6.45) is 9.07. The molecule has 0 bridgehead atoms. The molecule has 0 saturated heterocycles. The fraction of sp³-hybridized carbons (Fsp3) is 0.500. The van der Waals surface area contributed by atoms with Crippen molar-refractivity contribution in [2.24, 2.45) is 0 Å². The van der Waals surface area contributed by atoms with E-state index in [-0.39, 0.29) is 0 Å². The Hall–Kier alpha value is 0.120. The molecule has 0 aromatic carbocycles. The van der Waals surface area contributed by atoms with Gasteiger partial charge in [-0.15, -0.1) is 23.4 Å². The topological polar surface area (TPSA) is 0 Å². The Balaban J connectivity index is 2.26. The van der Waals surface area contributed by atoms with Gasteiger partial charge in [-0.2, -0.15) is 0 Å². The van der Waals surface area contributed by atoms with Crippen molar-refractivity contribution < 1.29 is 0 Å². The Morgan fingerprint density at radius 2 is 2.40 bits per heavy atom. The number of hydrogen-bond donors (Lipinski definition) is 0. The predicted molar refractivity (Wildman–Crippen MR) is 49.6 cm³/mol. The maximum absolute atomic E-state index is 5.55. The molecule has 0 N–H and O–H groups in total. The van der Waals surface area contributed by atoms with Gasteiger partial charge in [0.2, 0.25) is 0 Å². The number of thioether (sulfide) groups is 1. The van der Waals surface area contributed by atoms with E-state index in [1.54, 1.807) is 0 Å². The van der Waals surface area contributed by atoms with E-state index < -0.39 is 0 Å². The molecule has 10 heavy (non-hydrogen) atoms. The van der Waals surface area contributed by atoms with Crippen LogP contribution in [-0.2, 0) is 0 Å². The monoisotopic (exact) mass is 174 g/mol. The largest absolute Gasteiger partial charge is 0.126 e. The molecule has 0 nitrogen and oxygen atoms in total. The first-order valence-electron chi connectivity index (χ1n) is 3.49. The van der Waals surface area contributed by atoms with Crippen LogP contribution in [0.4, 0.5) is 0 Å². The van der Waals surface area contributed by atoms with Crippen molar-refractivity contribution in [1.82, 2.24) is 0 Å². The summed E-state index contributed by atoms with van der Waals surface area (Å²) >= 11 is 7.39. The first-order chi connectivity index (χ1) is 4.93. The van der Waals surface area contributed by atoms with Crippen LogP contribution in [0.1, 0.15) is 12.8 Å². The van der Waals surface area contributed by atoms with Gasteiger partial charge in [0.05, 0.1) is 0 Å². The summed E-state index contributed by atoms with van der Waals surface area (Å²) in [5, 5.41) is 0. The molecule has 1 aliphatic rings. The number of allylic oxidation sites excluding steroid dienone is 3. The van der Waals surface area contributed by atoms with Crippen molar-refractivity contribution in [3.05, 3.63) is 23.1 Å². The third kappa shape index (κ3) is 2.80. The van der Waals surface area contributed by atoms with Crippen molar-refractivity contribution in [1.29, 1.82) is 0 Å². The van der Waals surface area contributed by atoms with Gasteiger partial charge in [-0.1, -0.05) is 18.2 Å². The van der Waals surface area contributed by atoms with Crippen molar-refractivity contribution in [3.8, 4) is 0 Å². The molecule has 0 aliphatic heterocycles. The molecule has 0 fully saturated rings. The van der Waals surface area contributed by atoms with E-state index in [0.717, 1.165) is 11.6 Å². The lowest BCUT2D eigenvalue weighted by atomic mass is 10.2. The van der Waals surface area contributed by atoms with Crippen LogP contribution in [0.3, 0.4) is 0 Å². The van der Waals surface area contributed by atoms with Crippen LogP contribution >= 0.6 is 23.4 Å². The van der Waals surface area contributed by atoms with Gasteiger partial charge in [0.1, 0.15) is 0 Å². The van der Waals surface area contributed by atoms with Crippen LogP contribution in [0, 0.1) is 0 Å². The summed E-state index contributed by atoms with van der Waals surface area (Å²) in [5.41, 5.74) is 0. The Labute approximate surface area is 71.3 Å². The van der Waals surface area contributed by atoms with Crippen LogP contribution in [0.2, 0.25) is 0 Å². The van der Waals surface area contributed by atoms with Crippen LogP contribution in [0.5, 0.6) is 0 Å². The third-order valence-corrected chi connectivity index (χ3v) is 2.76. The highest BCUT2D eigenvalue weighted by molar-refractivity contribution is 8.03. The van der Waals surface area contributed by atoms with Crippen LogP contribution < -0.4 is 0 Å². The second-order valence-electron chi connectivity index (χ2n) is 2.12. The van der Waals surface area contributed by atoms with Crippen molar-refractivity contribution in [3.63, 3.8) is 0 Å². The van der Waals surface area contributed by atoms with Gasteiger partial charge >= 0.3 is 0 Å². The quantitative estimate of drug-likeness (QED) is 0.593. The molecule has 0 radical (unpaired) electrons. The number of alkyl halides is 1. The van der Waals surface area contributed by atoms with Crippen molar-refractivity contribution in [2.45, 2.75) is 12.8 Å². The van der Waals surface area contributed by atoms with Gasteiger partial charge in [0.25, 0.3) is 0 Å². The Bertz CT molecular complexity index is 149. The van der Waals surface area contributed by atoms with Crippen molar-refractivity contribution >= 4 is 23.4 Å². The maximum Gasteiger partial charge on any atom is 0.0317 e. The van der Waals surface area contributed by atoms with Crippen LogP contribution in [0.25, 0.3) is 0 Å². The number of halogens is 1. The highest BCUT2D eigenvalue weighted by Gasteiger charge is 1.95. The summed E-state index contributed by atoms with van der Waals surface area (Å²) in [4.78, 5) is 1.38. The van der Waals surface area contributed by atoms with E-state index >= 15 is 0 Å². The molecule has 0 unspecified atom stereocenters. The fourth-order valence-electron chi connectivity index (χ4n) is 0.853. The van der Waals surface area contributed by atoms with Gasteiger partial charge in [0, 0.05) is 16.5 Å². The van der Waals surface area contributed by atoms with E-state index in [2.05, 4.69) is 18.2 Å². The molecule has 0 atom stereocenters. The van der Waals surface area contributed by atoms with E-state index in [1.807, 2.05) is 11.8 Å². The van der Waals surface area contributed by atoms with Gasteiger partial charge in [-0.05, 0) is 12.8 Å². The maximum atomic E-state index is 5.55. The molecule has 2 heteroatoms. The minimum absolute atomic E-state index is 0.746. The summed E-state index contributed by atoms with van der Waals surface area (Å²) in [6.45, 7) is 0. The molecule has 56 valence electrons. The fourth-order valence-corrected chi connectivity index (χ4v) is 1.83. The lowest BCUT2D eigenvalue weighted by molar-refractivity contribution is 1.03. The Morgan fingerprint density at radius 1 is 1.50 bits per heavy atom. The third-order valence-electron chi connectivity index (χ3n) is 1.31. The predicted octanol–water partition coefficient (Wildman–Crippen LogP) is 3.19. The molecular formula is C8H11ClS. The normalized spacial score (nSPS) is 17.1. The molecule has 0 aromatic rings. The summed E-state index contributed by atoms with van der Waals surface area (Å²) in [6, 6.07) is 0. The van der Waals surface area contributed by atoms with Gasteiger partial charge < -0.3 is 0 Å². The summed E-state index contributed by atoms with van der Waals surface area (Å²) in [7, 11) is 0. The van der Waals surface area contributed by atoms with Gasteiger partial charge in [0.15, 0.2) is 0 Å². The SMILES string of the molecule is ClCCSC1=CCCC=C1. The second kappa shape index (κ2) is 4.86. The zero-order chi connectivity index (χ0) is 7.23. The standard InChI is InChI=1S/C8H11ClS/c9-6-7-10-8-4-2-1-3-5-8/h2,4-5H,1,3,6-7H2. The van der Waals surface area contributed by atoms with E-state index in [4.69, 9.17) is 11.6 Å². The van der Waals surface area contributed by atoms with E-state index in [0.29, 0.717) is 0 Å². The summed E-state index contributed by atoms with van der Waals surface area (Å²) < 4.78 is 0. The Kier molecular flexibility index (Phi) is 4.00. The zero-order valence-electron chi connectivity index (χ0n) is 5.85. The Morgan fingerprint density at radius 3 is 3.00 bits per heavy atom. The first kappa shape index (κ1) is 8.22. The molecule has 0 heterocycles. The van der Waals surface area contributed by atoms with Crippen LogP contribution in [-0.4, -0.2) is 11.6 Å². The molecule has 0 aromatic heterocycles. The smallest absolute Gasteiger partial charge is 0.0317 e. The second-order valence-corrected chi connectivity index (χ2v) is 3.67. The molecule has 1 aliphatic carbocycles. The number of hydrogen-bond acceptors (Lipinski definition) is 1. The first-order valence-corrected chi connectivity index (χ1v) is 5.01. The van der Waals surface area contributed by atoms with E-state index in [1.165, 1.54) is 17.7 Å². The minimum Gasteiger partial charge on any atom is -0.126 e. The van der Waals surface area contributed by atoms with Gasteiger partial charge in [-0.3, -0.25) is 0 Å². The van der Waals surface area contributed by atoms with E-state index in [9.17, 15) is 0 Å². The van der Waals surface area contributed by atoms with Gasteiger partial charge in [-0.25, -0.2) is 0 Å². The average Bonchev–Trinajstić information content (AvgIpc) is 2.03. The highest BCUT2D eigenvalue weighted by Crippen LogP contribution is 2.21. The lowest BCUT2D eigenvalue weighted by Crippen LogP contribution is -1.83.